The molecular weight excluding hydrogens is 324 g/mol. The van der Waals surface area contributed by atoms with Crippen molar-refractivity contribution in [3.05, 3.63) is 36.0 Å². The summed E-state index contributed by atoms with van der Waals surface area (Å²) in [7, 11) is 0. The lowest BCUT2D eigenvalue weighted by atomic mass is 9.97. The van der Waals surface area contributed by atoms with Crippen LogP contribution in [-0.4, -0.2) is 48.5 Å². The summed E-state index contributed by atoms with van der Waals surface area (Å²) >= 11 is 0. The molecule has 140 valence electrons. The Kier molecular flexibility index (Phi) is 5.56. The minimum Gasteiger partial charge on any atom is -0.361 e. The molecule has 2 unspecified atom stereocenters. The summed E-state index contributed by atoms with van der Waals surface area (Å²) in [6.45, 7) is 4.77. The molecule has 1 aromatic carbocycles. The summed E-state index contributed by atoms with van der Waals surface area (Å²) in [5.41, 5.74) is 2.48. The van der Waals surface area contributed by atoms with E-state index in [1.807, 2.05) is 0 Å². The highest BCUT2D eigenvalue weighted by atomic mass is 16.1. The van der Waals surface area contributed by atoms with Crippen molar-refractivity contribution in [2.75, 3.05) is 32.7 Å². The van der Waals surface area contributed by atoms with E-state index in [1.165, 1.54) is 35.7 Å². The summed E-state index contributed by atoms with van der Waals surface area (Å²) in [5, 5.41) is 7.89. The molecule has 0 spiro atoms. The first-order valence-corrected chi connectivity index (χ1v) is 10.1. The van der Waals surface area contributed by atoms with Gasteiger partial charge in [-0.25, -0.2) is 0 Å². The van der Waals surface area contributed by atoms with Crippen molar-refractivity contribution in [3.63, 3.8) is 0 Å². The standard InChI is InChI=1S/C21H30N4O/c26-21(16-7-6-10-22-13-16)24-15-20(25-11-4-1-5-12-25)18-14-23-19-9-3-2-8-17(18)19/h2-3,8-9,14,16,20,22-23H,1,4-7,10-13,15H2,(H,24,26). The van der Waals surface area contributed by atoms with E-state index in [9.17, 15) is 4.79 Å². The molecule has 2 atom stereocenters. The van der Waals surface area contributed by atoms with Crippen molar-refractivity contribution in [2.45, 2.75) is 38.1 Å². The van der Waals surface area contributed by atoms with Crippen LogP contribution in [0.25, 0.3) is 10.9 Å². The molecule has 5 nitrogen and oxygen atoms in total. The van der Waals surface area contributed by atoms with Gasteiger partial charge in [0.2, 0.25) is 5.91 Å². The maximum atomic E-state index is 12.6. The predicted octanol–water partition coefficient (Wildman–Crippen LogP) is 2.81. The van der Waals surface area contributed by atoms with Crippen LogP contribution in [0, 0.1) is 5.92 Å². The SMILES string of the molecule is O=C(NCC(c1c[nH]c2ccccc12)N1CCCCC1)C1CCCNC1. The first-order valence-electron chi connectivity index (χ1n) is 10.1. The molecule has 0 saturated carbocycles. The number of hydrogen-bond acceptors (Lipinski definition) is 3. The van der Waals surface area contributed by atoms with Gasteiger partial charge in [-0.3, -0.25) is 9.69 Å². The number of rotatable bonds is 5. The third-order valence-corrected chi connectivity index (χ3v) is 5.95. The first-order chi connectivity index (χ1) is 12.8. The fraction of sp³-hybridized carbons (Fsp3) is 0.571. The molecule has 2 aliphatic heterocycles. The quantitative estimate of drug-likeness (QED) is 0.774. The molecule has 2 saturated heterocycles. The number of aromatic amines is 1. The number of likely N-dealkylation sites (tertiary alicyclic amines) is 1. The van der Waals surface area contributed by atoms with Gasteiger partial charge in [0, 0.05) is 30.2 Å². The van der Waals surface area contributed by atoms with E-state index in [1.54, 1.807) is 0 Å². The van der Waals surface area contributed by atoms with Crippen LogP contribution in [0.2, 0.25) is 0 Å². The molecule has 26 heavy (non-hydrogen) atoms. The van der Waals surface area contributed by atoms with Gasteiger partial charge in [-0.05, 0) is 56.9 Å². The molecule has 2 aliphatic rings. The van der Waals surface area contributed by atoms with Crippen molar-refractivity contribution in [3.8, 4) is 0 Å². The lowest BCUT2D eigenvalue weighted by molar-refractivity contribution is -0.125. The summed E-state index contributed by atoms with van der Waals surface area (Å²) in [4.78, 5) is 18.6. The Morgan fingerprint density at radius 1 is 1.19 bits per heavy atom. The van der Waals surface area contributed by atoms with E-state index in [0.29, 0.717) is 6.54 Å². The Hall–Kier alpha value is -1.85. The van der Waals surface area contributed by atoms with Gasteiger partial charge in [-0.1, -0.05) is 24.6 Å². The molecule has 0 radical (unpaired) electrons. The van der Waals surface area contributed by atoms with Crippen LogP contribution < -0.4 is 10.6 Å². The number of para-hydroxylation sites is 1. The fourth-order valence-electron chi connectivity index (χ4n) is 4.45. The first kappa shape index (κ1) is 17.6. The van der Waals surface area contributed by atoms with Gasteiger partial charge in [-0.15, -0.1) is 0 Å². The number of nitrogens with one attached hydrogen (secondary N) is 3. The number of amides is 1. The minimum absolute atomic E-state index is 0.119. The third-order valence-electron chi connectivity index (χ3n) is 5.95. The van der Waals surface area contributed by atoms with Gasteiger partial charge < -0.3 is 15.6 Å². The summed E-state index contributed by atoms with van der Waals surface area (Å²) < 4.78 is 0. The van der Waals surface area contributed by atoms with Gasteiger partial charge in [-0.2, -0.15) is 0 Å². The van der Waals surface area contributed by atoms with Crippen LogP contribution in [-0.2, 0) is 4.79 Å². The Balaban J connectivity index is 1.52. The van der Waals surface area contributed by atoms with Crippen LogP contribution in [0.1, 0.15) is 43.7 Å². The Morgan fingerprint density at radius 2 is 2.04 bits per heavy atom. The van der Waals surface area contributed by atoms with Crippen molar-refractivity contribution < 1.29 is 4.79 Å². The summed E-state index contributed by atoms with van der Waals surface area (Å²) in [6.07, 6.45) is 8.05. The second kappa shape index (κ2) is 8.23. The number of carbonyl (C=O) groups is 1. The van der Waals surface area contributed by atoms with Gasteiger partial charge >= 0.3 is 0 Å². The summed E-state index contributed by atoms with van der Waals surface area (Å²) in [5.74, 6) is 0.327. The van der Waals surface area contributed by atoms with Gasteiger partial charge in [0.1, 0.15) is 0 Å². The molecule has 1 amide bonds. The smallest absolute Gasteiger partial charge is 0.224 e. The molecule has 3 heterocycles. The number of nitrogens with zero attached hydrogens (tertiary/aromatic N) is 1. The number of benzene rings is 1. The van der Waals surface area contributed by atoms with Gasteiger partial charge in [0.05, 0.1) is 12.0 Å². The monoisotopic (exact) mass is 354 g/mol. The van der Waals surface area contributed by atoms with Crippen molar-refractivity contribution in [2.24, 2.45) is 5.92 Å². The van der Waals surface area contributed by atoms with Crippen LogP contribution in [0.4, 0.5) is 0 Å². The Bertz CT molecular complexity index is 728. The average molecular weight is 354 g/mol. The van der Waals surface area contributed by atoms with Crippen LogP contribution in [0.3, 0.4) is 0 Å². The second-order valence-electron chi connectivity index (χ2n) is 7.69. The second-order valence-corrected chi connectivity index (χ2v) is 7.69. The number of piperidine rings is 2. The Labute approximate surface area is 155 Å². The van der Waals surface area contributed by atoms with E-state index in [4.69, 9.17) is 0 Å². The highest BCUT2D eigenvalue weighted by Crippen LogP contribution is 2.30. The Morgan fingerprint density at radius 3 is 2.85 bits per heavy atom. The van der Waals surface area contributed by atoms with E-state index < -0.39 is 0 Å². The van der Waals surface area contributed by atoms with Gasteiger partial charge in [0.15, 0.2) is 0 Å². The predicted molar refractivity (Wildman–Crippen MR) is 105 cm³/mol. The average Bonchev–Trinajstić information content (AvgIpc) is 3.14. The lowest BCUT2D eigenvalue weighted by Crippen LogP contribution is -2.45. The largest absolute Gasteiger partial charge is 0.361 e. The number of hydrogen-bond donors (Lipinski definition) is 3. The van der Waals surface area contributed by atoms with Crippen LogP contribution >= 0.6 is 0 Å². The highest BCUT2D eigenvalue weighted by Gasteiger charge is 2.27. The van der Waals surface area contributed by atoms with E-state index in [0.717, 1.165) is 39.0 Å². The van der Waals surface area contributed by atoms with Crippen LogP contribution in [0.5, 0.6) is 0 Å². The third kappa shape index (κ3) is 3.79. The van der Waals surface area contributed by atoms with E-state index in [-0.39, 0.29) is 17.9 Å². The molecule has 5 heteroatoms. The molecule has 4 rings (SSSR count). The molecule has 2 aromatic rings. The zero-order valence-corrected chi connectivity index (χ0v) is 15.5. The zero-order chi connectivity index (χ0) is 17.8. The number of H-pyrrole nitrogens is 1. The number of carbonyl (C=O) groups excluding carboxylic acids is 1. The maximum Gasteiger partial charge on any atom is 0.224 e. The van der Waals surface area contributed by atoms with E-state index >= 15 is 0 Å². The molecule has 0 bridgehead atoms. The minimum atomic E-state index is 0.119. The molecule has 0 aliphatic carbocycles. The maximum absolute atomic E-state index is 12.6. The van der Waals surface area contributed by atoms with E-state index in [2.05, 4.69) is 51.0 Å². The normalized spacial score (nSPS) is 23.0. The van der Waals surface area contributed by atoms with Crippen LogP contribution in [0.15, 0.2) is 30.5 Å². The topological polar surface area (TPSA) is 60.2 Å². The number of fused-ring (bicyclic) bond motifs is 1. The molecule has 3 N–H and O–H groups in total. The van der Waals surface area contributed by atoms with Crippen molar-refractivity contribution in [1.29, 1.82) is 0 Å². The van der Waals surface area contributed by atoms with Gasteiger partial charge in [0.25, 0.3) is 0 Å². The van der Waals surface area contributed by atoms with Crippen molar-refractivity contribution >= 4 is 16.8 Å². The number of aromatic nitrogens is 1. The zero-order valence-electron chi connectivity index (χ0n) is 15.5. The fourth-order valence-corrected chi connectivity index (χ4v) is 4.45. The van der Waals surface area contributed by atoms with Crippen molar-refractivity contribution in [1.82, 2.24) is 20.5 Å². The summed E-state index contributed by atoms with van der Waals surface area (Å²) in [6, 6.07) is 8.71. The highest BCUT2D eigenvalue weighted by molar-refractivity contribution is 5.84. The molecule has 2 fully saturated rings. The molecular formula is C21H30N4O. The lowest BCUT2D eigenvalue weighted by Gasteiger charge is -2.35. The molecule has 1 aromatic heterocycles.